The number of nitrogens with zero attached hydrogens (tertiary/aromatic N) is 1. The Balaban J connectivity index is 3.18. The third-order valence-corrected chi connectivity index (χ3v) is 4.27. The predicted molar refractivity (Wildman–Crippen MR) is 69.2 cm³/mol. The van der Waals surface area contributed by atoms with Crippen molar-refractivity contribution >= 4 is 15.7 Å². The molecular weight excluding hydrogens is 291 g/mol. The molecule has 9 heteroatoms. The first-order valence-electron chi connectivity index (χ1n) is 5.89. The molecule has 0 aliphatic carbocycles. The number of halogens is 1. The van der Waals surface area contributed by atoms with Gasteiger partial charge in [0.05, 0.1) is 11.0 Å². The van der Waals surface area contributed by atoms with Crippen LogP contribution in [0.3, 0.4) is 0 Å². The van der Waals surface area contributed by atoms with E-state index < -0.39 is 37.4 Å². The minimum Gasteiger partial charge on any atom is -0.396 e. The Morgan fingerprint density at radius 3 is 2.65 bits per heavy atom. The summed E-state index contributed by atoms with van der Waals surface area (Å²) in [5, 5.41) is 19.6. The summed E-state index contributed by atoms with van der Waals surface area (Å²) in [5.74, 6) is -0.891. The topological polar surface area (TPSA) is 110 Å². The minimum atomic E-state index is -4.16. The summed E-state index contributed by atoms with van der Waals surface area (Å²) in [6, 6.07) is 1.70. The lowest BCUT2D eigenvalue weighted by atomic mass is 10.2. The van der Waals surface area contributed by atoms with Gasteiger partial charge in [0.2, 0.25) is 10.0 Å². The molecular formula is C11H15FN2O5S. The lowest BCUT2D eigenvalue weighted by Crippen LogP contribution is -2.35. The van der Waals surface area contributed by atoms with Crippen LogP contribution in [0, 0.1) is 15.9 Å². The van der Waals surface area contributed by atoms with Gasteiger partial charge >= 0.3 is 0 Å². The van der Waals surface area contributed by atoms with Crippen molar-refractivity contribution in [2.75, 3.05) is 6.61 Å². The first-order chi connectivity index (χ1) is 9.31. The largest absolute Gasteiger partial charge is 0.396 e. The number of sulfonamides is 1. The number of rotatable bonds is 7. The zero-order valence-corrected chi connectivity index (χ0v) is 11.6. The van der Waals surface area contributed by atoms with E-state index in [1.54, 1.807) is 6.92 Å². The number of nitro benzene ring substituents is 1. The van der Waals surface area contributed by atoms with Crippen LogP contribution in [-0.4, -0.2) is 31.1 Å². The first kappa shape index (κ1) is 16.5. The third-order valence-electron chi connectivity index (χ3n) is 2.70. The molecule has 0 heterocycles. The van der Waals surface area contributed by atoms with Crippen LogP contribution in [0.2, 0.25) is 0 Å². The van der Waals surface area contributed by atoms with Crippen molar-refractivity contribution in [2.45, 2.75) is 30.7 Å². The maximum atomic E-state index is 13.0. The summed E-state index contributed by atoms with van der Waals surface area (Å²) in [7, 11) is -4.16. The summed E-state index contributed by atoms with van der Waals surface area (Å²) in [6.07, 6.45) is 0.597. The number of benzene rings is 1. The monoisotopic (exact) mass is 306 g/mol. The Bertz CT molecular complexity index is 590. The lowest BCUT2D eigenvalue weighted by Gasteiger charge is -2.15. The van der Waals surface area contributed by atoms with E-state index in [1.807, 2.05) is 0 Å². The number of aliphatic hydroxyl groups excluding tert-OH is 1. The Kier molecular flexibility index (Phi) is 5.54. The Hall–Kier alpha value is -1.58. The van der Waals surface area contributed by atoms with Gasteiger partial charge < -0.3 is 5.11 Å². The summed E-state index contributed by atoms with van der Waals surface area (Å²) in [6.45, 7) is 1.49. The fourth-order valence-corrected chi connectivity index (χ4v) is 3.15. The van der Waals surface area contributed by atoms with Crippen LogP contribution in [0.25, 0.3) is 0 Å². The van der Waals surface area contributed by atoms with E-state index in [9.17, 15) is 22.9 Å². The van der Waals surface area contributed by atoms with Gasteiger partial charge in [-0.2, -0.15) is 0 Å². The molecule has 20 heavy (non-hydrogen) atoms. The zero-order chi connectivity index (χ0) is 15.3. The van der Waals surface area contributed by atoms with Crippen LogP contribution in [0.1, 0.15) is 19.8 Å². The molecule has 0 aliphatic heterocycles. The molecule has 0 saturated heterocycles. The molecule has 0 saturated carbocycles. The molecule has 0 amide bonds. The van der Waals surface area contributed by atoms with Gasteiger partial charge in [-0.1, -0.05) is 6.92 Å². The van der Waals surface area contributed by atoms with E-state index in [4.69, 9.17) is 5.11 Å². The number of nitro groups is 1. The van der Waals surface area contributed by atoms with Gasteiger partial charge in [-0.05, 0) is 25.0 Å². The Morgan fingerprint density at radius 2 is 2.15 bits per heavy atom. The summed E-state index contributed by atoms with van der Waals surface area (Å²) >= 11 is 0. The average Bonchev–Trinajstić information content (AvgIpc) is 2.37. The van der Waals surface area contributed by atoms with Crippen molar-refractivity contribution in [3.8, 4) is 0 Å². The van der Waals surface area contributed by atoms with Gasteiger partial charge in [0.1, 0.15) is 5.82 Å². The van der Waals surface area contributed by atoms with Gasteiger partial charge in [0.15, 0.2) is 4.90 Å². The fraction of sp³-hybridized carbons (Fsp3) is 0.455. The van der Waals surface area contributed by atoms with E-state index >= 15 is 0 Å². The molecule has 0 aromatic heterocycles. The van der Waals surface area contributed by atoms with E-state index in [0.717, 1.165) is 12.1 Å². The number of hydrogen-bond acceptors (Lipinski definition) is 5. The number of hydrogen-bond donors (Lipinski definition) is 2. The molecule has 2 N–H and O–H groups in total. The van der Waals surface area contributed by atoms with E-state index in [0.29, 0.717) is 12.5 Å². The molecule has 1 aromatic rings. The molecule has 1 unspecified atom stereocenters. The van der Waals surface area contributed by atoms with Crippen molar-refractivity contribution < 1.29 is 22.8 Å². The van der Waals surface area contributed by atoms with Gasteiger partial charge in [0, 0.05) is 12.6 Å². The van der Waals surface area contributed by atoms with E-state index in [2.05, 4.69) is 4.72 Å². The van der Waals surface area contributed by atoms with Crippen LogP contribution < -0.4 is 4.72 Å². The summed E-state index contributed by atoms with van der Waals surface area (Å²) in [5.41, 5.74) is -0.823. The number of nitrogens with one attached hydrogen (secondary N) is 1. The molecule has 7 nitrogen and oxygen atoms in total. The average molecular weight is 306 g/mol. The molecule has 0 radical (unpaired) electrons. The highest BCUT2D eigenvalue weighted by atomic mass is 32.2. The van der Waals surface area contributed by atoms with Gasteiger partial charge in [-0.25, -0.2) is 17.5 Å². The molecule has 1 atom stereocenters. The van der Waals surface area contributed by atoms with Crippen molar-refractivity contribution in [2.24, 2.45) is 0 Å². The van der Waals surface area contributed by atoms with Crippen LogP contribution in [0.4, 0.5) is 10.1 Å². The smallest absolute Gasteiger partial charge is 0.292 e. The Labute approximate surface area is 115 Å². The van der Waals surface area contributed by atoms with Crippen molar-refractivity contribution in [1.29, 1.82) is 0 Å². The maximum absolute atomic E-state index is 13.0. The van der Waals surface area contributed by atoms with Gasteiger partial charge in [-0.3, -0.25) is 10.1 Å². The normalized spacial score (nSPS) is 13.2. The highest BCUT2D eigenvalue weighted by Gasteiger charge is 2.28. The molecule has 112 valence electrons. The van der Waals surface area contributed by atoms with Crippen molar-refractivity contribution in [3.05, 3.63) is 34.1 Å². The first-order valence-corrected chi connectivity index (χ1v) is 7.37. The molecule has 0 spiro atoms. The maximum Gasteiger partial charge on any atom is 0.292 e. The molecule has 1 aromatic carbocycles. The second-order valence-corrected chi connectivity index (χ2v) is 5.79. The quantitative estimate of drug-likeness (QED) is 0.580. The van der Waals surface area contributed by atoms with Gasteiger partial charge in [0.25, 0.3) is 5.69 Å². The van der Waals surface area contributed by atoms with Crippen LogP contribution in [-0.2, 0) is 10.0 Å². The lowest BCUT2D eigenvalue weighted by molar-refractivity contribution is -0.388. The predicted octanol–water partition coefficient (Wildman–Crippen LogP) is 1.17. The SMILES string of the molecule is CCC(CCO)NS(=O)(=O)c1ccc(F)cc1[N+](=O)[O-]. The highest BCUT2D eigenvalue weighted by Crippen LogP contribution is 2.24. The fourth-order valence-electron chi connectivity index (χ4n) is 1.65. The second kappa shape index (κ2) is 6.73. The van der Waals surface area contributed by atoms with Gasteiger partial charge in [-0.15, -0.1) is 0 Å². The number of aliphatic hydroxyl groups is 1. The van der Waals surface area contributed by atoms with Crippen molar-refractivity contribution in [1.82, 2.24) is 4.72 Å². The van der Waals surface area contributed by atoms with Crippen molar-refractivity contribution in [3.63, 3.8) is 0 Å². The minimum absolute atomic E-state index is 0.185. The second-order valence-electron chi connectivity index (χ2n) is 4.11. The summed E-state index contributed by atoms with van der Waals surface area (Å²) < 4.78 is 39.4. The zero-order valence-electron chi connectivity index (χ0n) is 10.7. The Morgan fingerprint density at radius 1 is 1.50 bits per heavy atom. The van der Waals surface area contributed by atoms with Crippen LogP contribution in [0.15, 0.2) is 23.1 Å². The van der Waals surface area contributed by atoms with E-state index in [-0.39, 0.29) is 13.0 Å². The standard InChI is InChI=1S/C11H15FN2O5S/c1-2-9(5-6-15)13-20(18,19)11-4-3-8(12)7-10(11)14(16)17/h3-4,7,9,13,15H,2,5-6H2,1H3. The molecule has 0 aliphatic rings. The van der Waals surface area contributed by atoms with Crippen LogP contribution >= 0.6 is 0 Å². The molecule has 1 rings (SSSR count). The molecule has 0 fully saturated rings. The van der Waals surface area contributed by atoms with Crippen LogP contribution in [0.5, 0.6) is 0 Å². The van der Waals surface area contributed by atoms with E-state index in [1.165, 1.54) is 0 Å². The molecule has 0 bridgehead atoms. The summed E-state index contributed by atoms with van der Waals surface area (Å²) in [4.78, 5) is 9.26. The third kappa shape index (κ3) is 3.95. The highest BCUT2D eigenvalue weighted by molar-refractivity contribution is 7.89.